The van der Waals surface area contributed by atoms with Gasteiger partial charge in [-0.3, -0.25) is 4.79 Å². The van der Waals surface area contributed by atoms with E-state index in [4.69, 9.17) is 4.74 Å². The van der Waals surface area contributed by atoms with Gasteiger partial charge < -0.3 is 9.64 Å². The SMILES string of the molecule is CCN(CC)CCCOc1cc(C)c(C(=O)/C=C/c2ccccc2C)c(C)c1. The fourth-order valence-electron chi connectivity index (χ4n) is 3.44. The first-order chi connectivity index (χ1) is 13.5. The molecule has 0 aromatic heterocycles. The van der Waals surface area contributed by atoms with Gasteiger partial charge in [0.15, 0.2) is 5.78 Å². The Morgan fingerprint density at radius 3 is 2.25 bits per heavy atom. The van der Waals surface area contributed by atoms with Gasteiger partial charge in [-0.25, -0.2) is 0 Å². The van der Waals surface area contributed by atoms with E-state index < -0.39 is 0 Å². The van der Waals surface area contributed by atoms with Gasteiger partial charge in [0, 0.05) is 12.1 Å². The molecule has 0 aliphatic heterocycles. The van der Waals surface area contributed by atoms with Gasteiger partial charge in [0.2, 0.25) is 0 Å². The summed E-state index contributed by atoms with van der Waals surface area (Å²) >= 11 is 0. The van der Waals surface area contributed by atoms with Crippen LogP contribution in [0.4, 0.5) is 0 Å². The lowest BCUT2D eigenvalue weighted by Crippen LogP contribution is -2.25. The van der Waals surface area contributed by atoms with Gasteiger partial charge in [0.1, 0.15) is 5.75 Å². The van der Waals surface area contributed by atoms with Gasteiger partial charge in [-0.05, 0) is 80.7 Å². The summed E-state index contributed by atoms with van der Waals surface area (Å²) in [5.74, 6) is 0.875. The Morgan fingerprint density at radius 2 is 1.64 bits per heavy atom. The minimum atomic E-state index is 0.0336. The summed E-state index contributed by atoms with van der Waals surface area (Å²) in [7, 11) is 0. The lowest BCUT2D eigenvalue weighted by molar-refractivity contribution is 0.104. The lowest BCUT2D eigenvalue weighted by atomic mass is 9.97. The minimum Gasteiger partial charge on any atom is -0.494 e. The molecule has 0 aliphatic carbocycles. The summed E-state index contributed by atoms with van der Waals surface area (Å²) in [6.07, 6.45) is 4.57. The van der Waals surface area contributed by atoms with Crippen molar-refractivity contribution in [2.24, 2.45) is 0 Å². The van der Waals surface area contributed by atoms with Crippen LogP contribution in [0.15, 0.2) is 42.5 Å². The Labute approximate surface area is 170 Å². The Kier molecular flexibility index (Phi) is 8.46. The van der Waals surface area contributed by atoms with Gasteiger partial charge in [0.25, 0.3) is 0 Å². The molecule has 0 N–H and O–H groups in total. The Bertz CT molecular complexity index is 796. The highest BCUT2D eigenvalue weighted by Gasteiger charge is 2.12. The predicted octanol–water partition coefficient (Wildman–Crippen LogP) is 5.62. The first kappa shape index (κ1) is 21.9. The topological polar surface area (TPSA) is 29.5 Å². The van der Waals surface area contributed by atoms with Gasteiger partial charge in [-0.1, -0.05) is 44.2 Å². The Morgan fingerprint density at radius 1 is 1.00 bits per heavy atom. The number of aryl methyl sites for hydroxylation is 3. The highest BCUT2D eigenvalue weighted by atomic mass is 16.5. The van der Waals surface area contributed by atoms with Crippen molar-refractivity contribution in [3.8, 4) is 5.75 Å². The van der Waals surface area contributed by atoms with Crippen LogP contribution < -0.4 is 4.74 Å². The van der Waals surface area contributed by atoms with E-state index in [9.17, 15) is 4.79 Å². The molecule has 0 aliphatic rings. The van der Waals surface area contributed by atoms with Crippen molar-refractivity contribution in [3.05, 3.63) is 70.3 Å². The molecule has 150 valence electrons. The first-order valence-corrected chi connectivity index (χ1v) is 10.2. The van der Waals surface area contributed by atoms with E-state index in [0.717, 1.165) is 59.6 Å². The first-order valence-electron chi connectivity index (χ1n) is 10.2. The summed E-state index contributed by atoms with van der Waals surface area (Å²) in [4.78, 5) is 15.1. The third-order valence-corrected chi connectivity index (χ3v) is 5.14. The van der Waals surface area contributed by atoms with E-state index in [-0.39, 0.29) is 5.78 Å². The molecule has 0 spiro atoms. The fourth-order valence-corrected chi connectivity index (χ4v) is 3.44. The summed E-state index contributed by atoms with van der Waals surface area (Å²) in [6.45, 7) is 14.2. The molecule has 2 rings (SSSR count). The van der Waals surface area contributed by atoms with Crippen LogP contribution in [0, 0.1) is 20.8 Å². The molecule has 0 fully saturated rings. The summed E-state index contributed by atoms with van der Waals surface area (Å²) in [5.41, 5.74) is 4.91. The molecule has 0 unspecified atom stereocenters. The lowest BCUT2D eigenvalue weighted by Gasteiger charge is -2.18. The second-order valence-corrected chi connectivity index (χ2v) is 7.22. The van der Waals surface area contributed by atoms with Crippen LogP contribution in [-0.2, 0) is 0 Å². The number of rotatable bonds is 10. The van der Waals surface area contributed by atoms with Crippen molar-refractivity contribution < 1.29 is 9.53 Å². The van der Waals surface area contributed by atoms with E-state index in [0.29, 0.717) is 6.61 Å². The van der Waals surface area contributed by atoms with Crippen molar-refractivity contribution in [2.75, 3.05) is 26.2 Å². The molecule has 0 radical (unpaired) electrons. The zero-order chi connectivity index (χ0) is 20.5. The maximum absolute atomic E-state index is 12.8. The molecule has 0 saturated carbocycles. The summed E-state index contributed by atoms with van der Waals surface area (Å²) < 4.78 is 5.93. The van der Waals surface area contributed by atoms with Gasteiger partial charge in [-0.2, -0.15) is 0 Å². The average molecular weight is 380 g/mol. The Hall–Kier alpha value is -2.39. The molecule has 0 bridgehead atoms. The van der Waals surface area contributed by atoms with Crippen LogP contribution in [0.5, 0.6) is 5.75 Å². The number of benzene rings is 2. The van der Waals surface area contributed by atoms with E-state index >= 15 is 0 Å². The van der Waals surface area contributed by atoms with Crippen molar-refractivity contribution in [1.29, 1.82) is 0 Å². The average Bonchev–Trinajstić information content (AvgIpc) is 2.67. The zero-order valence-corrected chi connectivity index (χ0v) is 17.9. The van der Waals surface area contributed by atoms with Crippen LogP contribution in [0.25, 0.3) is 6.08 Å². The van der Waals surface area contributed by atoms with Crippen LogP contribution in [0.1, 0.15) is 52.9 Å². The van der Waals surface area contributed by atoms with Crippen LogP contribution in [0.2, 0.25) is 0 Å². The molecule has 28 heavy (non-hydrogen) atoms. The number of hydrogen-bond donors (Lipinski definition) is 0. The third kappa shape index (κ3) is 6.07. The number of allylic oxidation sites excluding steroid dienone is 1. The molecule has 0 amide bonds. The van der Waals surface area contributed by atoms with Crippen LogP contribution in [-0.4, -0.2) is 36.9 Å². The molecule has 0 atom stereocenters. The van der Waals surface area contributed by atoms with Crippen molar-refractivity contribution in [1.82, 2.24) is 4.90 Å². The highest BCUT2D eigenvalue weighted by molar-refractivity contribution is 6.08. The summed E-state index contributed by atoms with van der Waals surface area (Å²) in [5, 5.41) is 0. The normalized spacial score (nSPS) is 11.4. The monoisotopic (exact) mass is 379 g/mol. The molecule has 3 heteroatoms. The quantitative estimate of drug-likeness (QED) is 0.305. The van der Waals surface area contributed by atoms with Gasteiger partial charge >= 0.3 is 0 Å². The predicted molar refractivity (Wildman–Crippen MR) is 118 cm³/mol. The number of ether oxygens (including phenoxy) is 1. The molecule has 2 aromatic rings. The zero-order valence-electron chi connectivity index (χ0n) is 17.9. The van der Waals surface area contributed by atoms with E-state index in [1.807, 2.05) is 63.2 Å². The second kappa shape index (κ2) is 10.8. The number of carbonyl (C=O) groups is 1. The van der Waals surface area contributed by atoms with Gasteiger partial charge in [-0.15, -0.1) is 0 Å². The van der Waals surface area contributed by atoms with Crippen LogP contribution >= 0.6 is 0 Å². The standard InChI is InChI=1S/C25H33NO2/c1-6-26(7-2)15-10-16-28-23-17-20(4)25(21(5)18-23)24(27)14-13-22-12-9-8-11-19(22)3/h8-9,11-14,17-18H,6-7,10,15-16H2,1-5H3/b14-13+. The van der Waals surface area contributed by atoms with Gasteiger partial charge in [0.05, 0.1) is 6.61 Å². The number of nitrogens with zero attached hydrogens (tertiary/aromatic N) is 1. The molecular weight excluding hydrogens is 346 g/mol. The number of carbonyl (C=O) groups excluding carboxylic acids is 1. The maximum Gasteiger partial charge on any atom is 0.186 e. The molecule has 0 saturated heterocycles. The summed E-state index contributed by atoms with van der Waals surface area (Å²) in [6, 6.07) is 12.0. The van der Waals surface area contributed by atoms with Crippen molar-refractivity contribution in [3.63, 3.8) is 0 Å². The van der Waals surface area contributed by atoms with Crippen molar-refractivity contribution >= 4 is 11.9 Å². The second-order valence-electron chi connectivity index (χ2n) is 7.22. The van der Waals surface area contributed by atoms with E-state index in [1.54, 1.807) is 6.08 Å². The minimum absolute atomic E-state index is 0.0336. The molecule has 2 aromatic carbocycles. The maximum atomic E-state index is 12.8. The fraction of sp³-hybridized carbons (Fsp3) is 0.400. The third-order valence-electron chi connectivity index (χ3n) is 5.14. The number of ketones is 1. The molecule has 0 heterocycles. The van der Waals surface area contributed by atoms with Crippen molar-refractivity contribution in [2.45, 2.75) is 41.0 Å². The van der Waals surface area contributed by atoms with Crippen LogP contribution in [0.3, 0.4) is 0 Å². The Balaban J connectivity index is 2.02. The number of hydrogen-bond acceptors (Lipinski definition) is 3. The smallest absolute Gasteiger partial charge is 0.186 e. The molecular formula is C25H33NO2. The van der Waals surface area contributed by atoms with E-state index in [2.05, 4.69) is 18.7 Å². The molecule has 3 nitrogen and oxygen atoms in total. The highest BCUT2D eigenvalue weighted by Crippen LogP contribution is 2.23. The largest absolute Gasteiger partial charge is 0.494 e. The van der Waals surface area contributed by atoms with E-state index in [1.165, 1.54) is 0 Å².